The van der Waals surface area contributed by atoms with Gasteiger partial charge in [-0.2, -0.15) is 5.10 Å². The second kappa shape index (κ2) is 1.98. The highest BCUT2D eigenvalue weighted by molar-refractivity contribution is 14.1. The van der Waals surface area contributed by atoms with Crippen LogP contribution in [-0.4, -0.2) is 15.5 Å². The SMILES string of the molecule is CC1CC=NN1I. The normalized spacial score (nSPS) is 29.4. The first-order valence-electron chi connectivity index (χ1n) is 2.28. The molecule has 1 unspecified atom stereocenters. The zero-order valence-electron chi connectivity index (χ0n) is 4.13. The molecule has 0 aromatic carbocycles. The molecule has 0 aromatic heterocycles. The van der Waals surface area contributed by atoms with Gasteiger partial charge in [-0.15, -0.1) is 0 Å². The van der Waals surface area contributed by atoms with Crippen molar-refractivity contribution in [3.8, 4) is 0 Å². The third-order valence-corrected chi connectivity index (χ3v) is 2.20. The quantitative estimate of drug-likeness (QED) is 0.436. The third kappa shape index (κ3) is 1.05. The van der Waals surface area contributed by atoms with Gasteiger partial charge in [-0.25, -0.2) is 3.22 Å². The molecule has 0 bridgehead atoms. The van der Waals surface area contributed by atoms with E-state index < -0.39 is 0 Å². The molecule has 0 aromatic rings. The molecule has 0 aliphatic carbocycles. The summed E-state index contributed by atoms with van der Waals surface area (Å²) in [6.45, 7) is 2.15. The maximum absolute atomic E-state index is 4.01. The molecule has 1 aliphatic heterocycles. The highest BCUT2D eigenvalue weighted by Gasteiger charge is 2.10. The number of hydrogen-bond donors (Lipinski definition) is 0. The molecule has 0 saturated carbocycles. The van der Waals surface area contributed by atoms with Crippen LogP contribution in [0.3, 0.4) is 0 Å². The molecule has 0 N–H and O–H groups in total. The van der Waals surface area contributed by atoms with E-state index in [0.717, 1.165) is 6.42 Å². The van der Waals surface area contributed by atoms with Crippen molar-refractivity contribution in [2.45, 2.75) is 19.4 Å². The first kappa shape index (κ1) is 5.34. The van der Waals surface area contributed by atoms with Gasteiger partial charge in [0.05, 0.1) is 28.9 Å². The summed E-state index contributed by atoms with van der Waals surface area (Å²) in [5, 5.41) is 4.01. The average Bonchev–Trinajstić information content (AvgIpc) is 1.91. The molecule has 0 amide bonds. The molecular weight excluding hydrogens is 203 g/mol. The number of nitrogens with zero attached hydrogens (tertiary/aromatic N) is 2. The van der Waals surface area contributed by atoms with Crippen LogP contribution in [0.25, 0.3) is 0 Å². The van der Waals surface area contributed by atoms with Crippen molar-refractivity contribution >= 4 is 29.1 Å². The fourth-order valence-corrected chi connectivity index (χ4v) is 0.882. The zero-order chi connectivity index (χ0) is 5.28. The van der Waals surface area contributed by atoms with Gasteiger partial charge < -0.3 is 0 Å². The second-order valence-corrected chi connectivity index (χ2v) is 2.66. The largest absolute Gasteiger partial charge is 0.234 e. The summed E-state index contributed by atoms with van der Waals surface area (Å²) in [6.07, 6.45) is 3.04. The predicted octanol–water partition coefficient (Wildman–Crippen LogP) is 1.42. The van der Waals surface area contributed by atoms with Gasteiger partial charge in [0.1, 0.15) is 0 Å². The van der Waals surface area contributed by atoms with Crippen LogP contribution in [0.1, 0.15) is 13.3 Å². The van der Waals surface area contributed by atoms with Gasteiger partial charge in [0.15, 0.2) is 0 Å². The lowest BCUT2D eigenvalue weighted by atomic mass is 10.3. The van der Waals surface area contributed by atoms with Crippen molar-refractivity contribution < 1.29 is 0 Å². The summed E-state index contributed by atoms with van der Waals surface area (Å²) in [7, 11) is 0. The summed E-state index contributed by atoms with van der Waals surface area (Å²) in [5.74, 6) is 0. The van der Waals surface area contributed by atoms with Crippen LogP contribution in [0.15, 0.2) is 5.10 Å². The highest BCUT2D eigenvalue weighted by Crippen LogP contribution is 2.13. The first-order chi connectivity index (χ1) is 3.30. The molecule has 1 rings (SSSR count). The Bertz CT molecular complexity index is 91.7. The van der Waals surface area contributed by atoms with E-state index in [2.05, 4.69) is 34.9 Å². The monoisotopic (exact) mass is 210 g/mol. The smallest absolute Gasteiger partial charge is 0.0786 e. The summed E-state index contributed by atoms with van der Waals surface area (Å²) in [5.41, 5.74) is 0. The molecule has 1 atom stereocenters. The molecule has 3 heteroatoms. The van der Waals surface area contributed by atoms with E-state index in [1.807, 2.05) is 9.44 Å². The third-order valence-electron chi connectivity index (χ3n) is 1.00. The molecule has 1 heterocycles. The minimum atomic E-state index is 0.612. The molecule has 7 heavy (non-hydrogen) atoms. The van der Waals surface area contributed by atoms with Crippen molar-refractivity contribution in [2.24, 2.45) is 5.10 Å². The molecule has 0 spiro atoms. The van der Waals surface area contributed by atoms with Gasteiger partial charge >= 0.3 is 0 Å². The van der Waals surface area contributed by atoms with Crippen molar-refractivity contribution in [3.63, 3.8) is 0 Å². The summed E-state index contributed by atoms with van der Waals surface area (Å²) in [6, 6.07) is 0.612. The predicted molar refractivity (Wildman–Crippen MR) is 38.4 cm³/mol. The minimum Gasteiger partial charge on any atom is -0.234 e. The van der Waals surface area contributed by atoms with E-state index in [9.17, 15) is 0 Å². The number of rotatable bonds is 0. The van der Waals surface area contributed by atoms with Crippen LogP contribution in [-0.2, 0) is 0 Å². The van der Waals surface area contributed by atoms with Gasteiger partial charge in [0.2, 0.25) is 0 Å². The lowest BCUT2D eigenvalue weighted by Crippen LogP contribution is -2.10. The molecule has 40 valence electrons. The fourth-order valence-electron chi connectivity index (χ4n) is 0.478. The second-order valence-electron chi connectivity index (χ2n) is 1.67. The Morgan fingerprint density at radius 3 is 2.86 bits per heavy atom. The van der Waals surface area contributed by atoms with E-state index in [0.29, 0.717) is 6.04 Å². The Balaban J connectivity index is 2.45. The maximum atomic E-state index is 4.01. The Kier molecular flexibility index (Phi) is 1.51. The maximum Gasteiger partial charge on any atom is 0.0786 e. The minimum absolute atomic E-state index is 0.612. The number of halogens is 1. The fraction of sp³-hybridized carbons (Fsp3) is 0.750. The lowest BCUT2D eigenvalue weighted by molar-refractivity contribution is 0.472. The van der Waals surface area contributed by atoms with E-state index in [-0.39, 0.29) is 0 Å². The molecule has 2 nitrogen and oxygen atoms in total. The Labute approximate surface area is 57.1 Å². The van der Waals surface area contributed by atoms with Gasteiger partial charge in [0.25, 0.3) is 0 Å². The highest BCUT2D eigenvalue weighted by atomic mass is 127. The summed E-state index contributed by atoms with van der Waals surface area (Å²) < 4.78 is 1.94. The number of hydrogen-bond acceptors (Lipinski definition) is 2. The van der Waals surface area contributed by atoms with Gasteiger partial charge in [-0.3, -0.25) is 0 Å². The average molecular weight is 210 g/mol. The number of hydrazone groups is 1. The van der Waals surface area contributed by atoms with Crippen LogP contribution < -0.4 is 0 Å². The van der Waals surface area contributed by atoms with Gasteiger partial charge in [-0.1, -0.05) is 0 Å². The summed E-state index contributed by atoms with van der Waals surface area (Å²) in [4.78, 5) is 0. The lowest BCUT2D eigenvalue weighted by Gasteiger charge is -2.08. The Hall–Kier alpha value is 0.200. The van der Waals surface area contributed by atoms with Crippen LogP contribution in [0.2, 0.25) is 0 Å². The van der Waals surface area contributed by atoms with Crippen LogP contribution >= 0.6 is 22.9 Å². The topological polar surface area (TPSA) is 15.6 Å². The van der Waals surface area contributed by atoms with Crippen LogP contribution in [0.4, 0.5) is 0 Å². The standard InChI is InChI=1S/C4H7IN2/c1-4-2-3-6-7(4)5/h3-4H,2H2,1H3. The van der Waals surface area contributed by atoms with Crippen LogP contribution in [0, 0.1) is 0 Å². The van der Waals surface area contributed by atoms with Gasteiger partial charge in [0, 0.05) is 12.6 Å². The van der Waals surface area contributed by atoms with Gasteiger partial charge in [-0.05, 0) is 6.92 Å². The van der Waals surface area contributed by atoms with E-state index in [4.69, 9.17) is 0 Å². The molecule has 0 saturated heterocycles. The molecule has 0 fully saturated rings. The van der Waals surface area contributed by atoms with Crippen molar-refractivity contribution in [1.29, 1.82) is 0 Å². The molecule has 1 aliphatic rings. The van der Waals surface area contributed by atoms with E-state index in [1.165, 1.54) is 0 Å². The molecular formula is C4H7IN2. The van der Waals surface area contributed by atoms with Crippen LogP contribution in [0.5, 0.6) is 0 Å². The Morgan fingerprint density at radius 2 is 2.71 bits per heavy atom. The van der Waals surface area contributed by atoms with Crippen molar-refractivity contribution in [1.82, 2.24) is 3.22 Å². The Morgan fingerprint density at radius 1 is 2.00 bits per heavy atom. The summed E-state index contributed by atoms with van der Waals surface area (Å²) >= 11 is 2.19. The van der Waals surface area contributed by atoms with Crippen molar-refractivity contribution in [2.75, 3.05) is 0 Å². The molecule has 0 radical (unpaired) electrons. The van der Waals surface area contributed by atoms with Crippen molar-refractivity contribution in [3.05, 3.63) is 0 Å². The van der Waals surface area contributed by atoms with E-state index in [1.54, 1.807) is 0 Å². The first-order valence-corrected chi connectivity index (χ1v) is 3.24. The zero-order valence-corrected chi connectivity index (χ0v) is 6.29. The van der Waals surface area contributed by atoms with E-state index >= 15 is 0 Å².